The van der Waals surface area contributed by atoms with Crippen LogP contribution < -0.4 is 5.32 Å². The molecule has 2 N–H and O–H groups in total. The lowest BCUT2D eigenvalue weighted by atomic mass is 10.1. The molecule has 5 heteroatoms. The minimum atomic E-state index is -1.13. The van der Waals surface area contributed by atoms with Crippen LogP contribution in [0.2, 0.25) is 0 Å². The summed E-state index contributed by atoms with van der Waals surface area (Å²) in [6, 6.07) is 10.6. The smallest absolute Gasteiger partial charge is 0.354 e. The molecule has 0 spiro atoms. The van der Waals surface area contributed by atoms with Gasteiger partial charge in [-0.2, -0.15) is 0 Å². The predicted octanol–water partition coefficient (Wildman–Crippen LogP) is 2.27. The van der Waals surface area contributed by atoms with Crippen LogP contribution in [0.25, 0.3) is 0 Å². The average molecular weight is 270 g/mol. The van der Waals surface area contributed by atoms with Gasteiger partial charge in [-0.3, -0.25) is 4.79 Å². The van der Waals surface area contributed by atoms with Gasteiger partial charge in [-0.05, 0) is 24.6 Å². The second-order valence-electron chi connectivity index (χ2n) is 4.45. The Morgan fingerprint density at radius 1 is 1.20 bits per heavy atom. The van der Waals surface area contributed by atoms with Crippen LogP contribution in [0.15, 0.2) is 42.6 Å². The number of anilines is 1. The highest BCUT2D eigenvalue weighted by Crippen LogP contribution is 2.10. The van der Waals surface area contributed by atoms with Gasteiger partial charge in [-0.1, -0.05) is 29.8 Å². The summed E-state index contributed by atoms with van der Waals surface area (Å²) in [7, 11) is 0. The van der Waals surface area contributed by atoms with Crippen LogP contribution in [0.1, 0.15) is 21.6 Å². The number of amides is 1. The van der Waals surface area contributed by atoms with Crippen LogP contribution in [0.4, 0.5) is 5.69 Å². The van der Waals surface area contributed by atoms with Crippen molar-refractivity contribution in [1.29, 1.82) is 0 Å². The molecule has 0 atom stereocenters. The molecular formula is C15H14N2O3. The number of nitrogens with one attached hydrogen (secondary N) is 1. The lowest BCUT2D eigenvalue weighted by Crippen LogP contribution is -2.15. The number of pyridine rings is 1. The van der Waals surface area contributed by atoms with Crippen LogP contribution in [0.3, 0.4) is 0 Å². The van der Waals surface area contributed by atoms with Gasteiger partial charge in [0.2, 0.25) is 5.91 Å². The second-order valence-corrected chi connectivity index (χ2v) is 4.45. The summed E-state index contributed by atoms with van der Waals surface area (Å²) in [5, 5.41) is 11.5. The van der Waals surface area contributed by atoms with Crippen molar-refractivity contribution in [2.45, 2.75) is 13.3 Å². The van der Waals surface area contributed by atoms with Crippen molar-refractivity contribution in [1.82, 2.24) is 4.98 Å². The van der Waals surface area contributed by atoms with E-state index in [1.54, 1.807) is 6.07 Å². The maximum atomic E-state index is 11.9. The summed E-state index contributed by atoms with van der Waals surface area (Å²) in [6.45, 7) is 1.98. The molecule has 2 rings (SSSR count). The third kappa shape index (κ3) is 3.65. The van der Waals surface area contributed by atoms with Gasteiger partial charge < -0.3 is 10.4 Å². The first-order valence-corrected chi connectivity index (χ1v) is 6.09. The van der Waals surface area contributed by atoms with E-state index >= 15 is 0 Å². The Morgan fingerprint density at radius 3 is 2.55 bits per heavy atom. The van der Waals surface area contributed by atoms with Gasteiger partial charge in [0, 0.05) is 11.9 Å². The molecule has 1 aromatic heterocycles. The fourth-order valence-corrected chi connectivity index (χ4v) is 1.72. The van der Waals surface area contributed by atoms with Crippen LogP contribution in [0, 0.1) is 6.92 Å². The number of aromatic carboxylic acids is 1. The number of hydrogen-bond acceptors (Lipinski definition) is 3. The van der Waals surface area contributed by atoms with Gasteiger partial charge in [0.25, 0.3) is 0 Å². The molecule has 0 unspecified atom stereocenters. The molecule has 20 heavy (non-hydrogen) atoms. The van der Waals surface area contributed by atoms with E-state index in [0.717, 1.165) is 11.1 Å². The molecule has 1 aromatic carbocycles. The van der Waals surface area contributed by atoms with Crippen molar-refractivity contribution < 1.29 is 14.7 Å². The Balaban J connectivity index is 2.02. The minimum absolute atomic E-state index is 0.0989. The van der Waals surface area contributed by atoms with E-state index in [4.69, 9.17) is 5.11 Å². The molecule has 0 aliphatic heterocycles. The molecule has 0 fully saturated rings. The van der Waals surface area contributed by atoms with Gasteiger partial charge in [0.05, 0.1) is 6.42 Å². The number of carboxylic acid groups (broad SMARTS) is 1. The number of aryl methyl sites for hydroxylation is 1. The molecule has 0 saturated carbocycles. The Kier molecular flexibility index (Phi) is 4.10. The zero-order chi connectivity index (χ0) is 14.5. The van der Waals surface area contributed by atoms with Crippen molar-refractivity contribution in [3.63, 3.8) is 0 Å². The summed E-state index contributed by atoms with van der Waals surface area (Å²) in [5.74, 6) is -1.32. The first-order valence-electron chi connectivity index (χ1n) is 6.09. The van der Waals surface area contributed by atoms with Crippen LogP contribution >= 0.6 is 0 Å². The van der Waals surface area contributed by atoms with Gasteiger partial charge in [-0.25, -0.2) is 9.78 Å². The van der Waals surface area contributed by atoms with Crippen LogP contribution in [0.5, 0.6) is 0 Å². The van der Waals surface area contributed by atoms with Gasteiger partial charge in [0.1, 0.15) is 5.69 Å². The van der Waals surface area contributed by atoms with Crippen molar-refractivity contribution in [2.24, 2.45) is 0 Å². The van der Waals surface area contributed by atoms with Crippen molar-refractivity contribution in [2.75, 3.05) is 5.32 Å². The first kappa shape index (κ1) is 13.7. The highest BCUT2D eigenvalue weighted by atomic mass is 16.4. The molecule has 0 aliphatic rings. The molecule has 0 aliphatic carbocycles. The monoisotopic (exact) mass is 270 g/mol. The Labute approximate surface area is 116 Å². The summed E-state index contributed by atoms with van der Waals surface area (Å²) in [5.41, 5.74) is 2.36. The van der Waals surface area contributed by atoms with E-state index < -0.39 is 5.97 Å². The third-order valence-electron chi connectivity index (χ3n) is 2.75. The van der Waals surface area contributed by atoms with Gasteiger partial charge in [0.15, 0.2) is 0 Å². The molecule has 1 amide bonds. The highest BCUT2D eigenvalue weighted by molar-refractivity contribution is 5.94. The molecule has 5 nitrogen and oxygen atoms in total. The normalized spacial score (nSPS) is 10.1. The number of nitrogens with zero attached hydrogens (tertiary/aromatic N) is 1. The van der Waals surface area contributed by atoms with E-state index in [-0.39, 0.29) is 18.0 Å². The second kappa shape index (κ2) is 5.97. The number of carbonyl (C=O) groups excluding carboxylic acids is 1. The Morgan fingerprint density at radius 2 is 1.90 bits per heavy atom. The molecule has 102 valence electrons. The van der Waals surface area contributed by atoms with Crippen molar-refractivity contribution in [3.05, 3.63) is 59.4 Å². The first-order chi connectivity index (χ1) is 9.54. The molecule has 0 saturated heterocycles. The number of hydrogen-bond donors (Lipinski definition) is 2. The number of rotatable bonds is 4. The standard InChI is InChI=1S/C15H14N2O3/c1-10-2-4-11(5-3-10)8-14(18)17-12-6-7-16-13(9-12)15(19)20/h2-7,9H,8H2,1H3,(H,19,20)(H,16,17,18). The lowest BCUT2D eigenvalue weighted by molar-refractivity contribution is -0.115. The highest BCUT2D eigenvalue weighted by Gasteiger charge is 2.08. The van der Waals surface area contributed by atoms with E-state index in [1.807, 2.05) is 31.2 Å². The quantitative estimate of drug-likeness (QED) is 0.893. The van der Waals surface area contributed by atoms with Crippen molar-refractivity contribution >= 4 is 17.6 Å². The number of benzene rings is 1. The molecule has 1 heterocycles. The summed E-state index contributed by atoms with van der Waals surface area (Å²) in [6.07, 6.45) is 1.59. The topological polar surface area (TPSA) is 79.3 Å². The minimum Gasteiger partial charge on any atom is -0.477 e. The number of carbonyl (C=O) groups is 2. The summed E-state index contributed by atoms with van der Waals surface area (Å²) < 4.78 is 0. The summed E-state index contributed by atoms with van der Waals surface area (Å²) in [4.78, 5) is 26.3. The largest absolute Gasteiger partial charge is 0.477 e. The Hall–Kier alpha value is -2.69. The fourth-order valence-electron chi connectivity index (χ4n) is 1.72. The van der Waals surface area contributed by atoms with Crippen LogP contribution in [-0.2, 0) is 11.2 Å². The zero-order valence-corrected chi connectivity index (χ0v) is 11.0. The lowest BCUT2D eigenvalue weighted by Gasteiger charge is -2.06. The van der Waals surface area contributed by atoms with E-state index in [1.165, 1.54) is 12.3 Å². The molecule has 2 aromatic rings. The SMILES string of the molecule is Cc1ccc(CC(=O)Nc2ccnc(C(=O)O)c2)cc1. The third-order valence-corrected chi connectivity index (χ3v) is 2.75. The molecule has 0 bridgehead atoms. The number of carboxylic acids is 1. The fraction of sp³-hybridized carbons (Fsp3) is 0.133. The average Bonchev–Trinajstić information content (AvgIpc) is 2.41. The predicted molar refractivity (Wildman–Crippen MR) is 74.7 cm³/mol. The Bertz CT molecular complexity index is 636. The maximum absolute atomic E-state index is 11.9. The molecule has 0 radical (unpaired) electrons. The van der Waals surface area contributed by atoms with E-state index in [2.05, 4.69) is 10.3 Å². The maximum Gasteiger partial charge on any atom is 0.354 e. The number of aromatic nitrogens is 1. The molecular weight excluding hydrogens is 256 g/mol. The zero-order valence-electron chi connectivity index (χ0n) is 11.0. The van der Waals surface area contributed by atoms with Crippen LogP contribution in [-0.4, -0.2) is 22.0 Å². The van der Waals surface area contributed by atoms with Gasteiger partial charge in [-0.15, -0.1) is 0 Å². The van der Waals surface area contributed by atoms with Crippen molar-refractivity contribution in [3.8, 4) is 0 Å². The van der Waals surface area contributed by atoms with E-state index in [0.29, 0.717) is 5.69 Å². The summed E-state index contributed by atoms with van der Waals surface area (Å²) >= 11 is 0. The van der Waals surface area contributed by atoms with Gasteiger partial charge >= 0.3 is 5.97 Å². The van der Waals surface area contributed by atoms with E-state index in [9.17, 15) is 9.59 Å².